The van der Waals surface area contributed by atoms with Crippen LogP contribution in [0.15, 0.2) is 24.3 Å². The van der Waals surface area contributed by atoms with Crippen LogP contribution in [-0.4, -0.2) is 16.8 Å². The van der Waals surface area contributed by atoms with E-state index in [-0.39, 0.29) is 12.6 Å². The molecular formula is C10H15NO2. The van der Waals surface area contributed by atoms with Crippen molar-refractivity contribution in [3.05, 3.63) is 35.4 Å². The van der Waals surface area contributed by atoms with Gasteiger partial charge in [0.15, 0.2) is 0 Å². The van der Waals surface area contributed by atoms with Crippen molar-refractivity contribution < 1.29 is 10.2 Å². The summed E-state index contributed by atoms with van der Waals surface area (Å²) in [5, 5.41) is 18.0. The summed E-state index contributed by atoms with van der Waals surface area (Å²) in [4.78, 5) is 0. The summed E-state index contributed by atoms with van der Waals surface area (Å²) in [7, 11) is 0. The molecule has 2 unspecified atom stereocenters. The van der Waals surface area contributed by atoms with E-state index in [0.29, 0.717) is 0 Å². The predicted octanol–water partition coefficient (Wildman–Crippen LogP) is 0.732. The van der Waals surface area contributed by atoms with Crippen LogP contribution < -0.4 is 5.73 Å². The third-order valence-corrected chi connectivity index (χ3v) is 2.04. The Hall–Kier alpha value is -0.900. The van der Waals surface area contributed by atoms with E-state index in [4.69, 9.17) is 10.8 Å². The Morgan fingerprint density at radius 3 is 2.08 bits per heavy atom. The van der Waals surface area contributed by atoms with E-state index in [0.717, 1.165) is 11.1 Å². The molecule has 0 saturated carbocycles. The number of benzene rings is 1. The minimum Gasteiger partial charge on any atom is -0.394 e. The molecular weight excluding hydrogens is 166 g/mol. The summed E-state index contributed by atoms with van der Waals surface area (Å²) in [5.74, 6) is 0. The topological polar surface area (TPSA) is 66.5 Å². The molecule has 0 saturated heterocycles. The summed E-state index contributed by atoms with van der Waals surface area (Å²) in [5.41, 5.74) is 7.34. The Morgan fingerprint density at radius 1 is 1.23 bits per heavy atom. The first-order valence-corrected chi connectivity index (χ1v) is 4.29. The lowest BCUT2D eigenvalue weighted by Gasteiger charge is -2.10. The molecule has 0 spiro atoms. The second-order valence-electron chi connectivity index (χ2n) is 3.13. The molecule has 4 N–H and O–H groups in total. The van der Waals surface area contributed by atoms with E-state index in [9.17, 15) is 5.11 Å². The average molecular weight is 181 g/mol. The lowest BCUT2D eigenvalue weighted by atomic mass is 10.0. The Labute approximate surface area is 77.8 Å². The van der Waals surface area contributed by atoms with Gasteiger partial charge in [0.2, 0.25) is 0 Å². The van der Waals surface area contributed by atoms with Crippen molar-refractivity contribution >= 4 is 0 Å². The minimum atomic E-state index is -0.459. The molecule has 1 aromatic rings. The first-order chi connectivity index (χ1) is 6.15. The largest absolute Gasteiger partial charge is 0.394 e. The molecule has 0 aliphatic heterocycles. The second kappa shape index (κ2) is 4.37. The maximum atomic E-state index is 9.23. The molecule has 0 aliphatic carbocycles. The van der Waals surface area contributed by atoms with E-state index in [1.165, 1.54) is 0 Å². The molecule has 0 radical (unpaired) electrons. The fraction of sp³-hybridized carbons (Fsp3) is 0.400. The Morgan fingerprint density at radius 2 is 1.69 bits per heavy atom. The summed E-state index contributed by atoms with van der Waals surface area (Å²) >= 11 is 0. The van der Waals surface area contributed by atoms with Crippen LogP contribution in [0.3, 0.4) is 0 Å². The number of hydrogen-bond donors (Lipinski definition) is 3. The second-order valence-corrected chi connectivity index (χ2v) is 3.13. The zero-order valence-electron chi connectivity index (χ0n) is 7.64. The van der Waals surface area contributed by atoms with Crippen molar-refractivity contribution in [2.45, 2.75) is 19.1 Å². The highest BCUT2D eigenvalue weighted by atomic mass is 16.3. The van der Waals surface area contributed by atoms with E-state index >= 15 is 0 Å². The quantitative estimate of drug-likeness (QED) is 0.644. The van der Waals surface area contributed by atoms with Crippen molar-refractivity contribution in [1.82, 2.24) is 0 Å². The summed E-state index contributed by atoms with van der Waals surface area (Å²) in [6.45, 7) is 1.65. The van der Waals surface area contributed by atoms with Gasteiger partial charge < -0.3 is 15.9 Å². The van der Waals surface area contributed by atoms with Crippen LogP contribution in [0.25, 0.3) is 0 Å². The molecule has 2 atom stereocenters. The molecule has 3 heteroatoms. The van der Waals surface area contributed by atoms with Gasteiger partial charge >= 0.3 is 0 Å². The predicted molar refractivity (Wildman–Crippen MR) is 51.1 cm³/mol. The monoisotopic (exact) mass is 181 g/mol. The van der Waals surface area contributed by atoms with Gasteiger partial charge in [0, 0.05) is 0 Å². The highest BCUT2D eigenvalue weighted by Crippen LogP contribution is 2.15. The molecule has 0 aliphatic rings. The fourth-order valence-corrected chi connectivity index (χ4v) is 1.13. The zero-order valence-corrected chi connectivity index (χ0v) is 7.64. The average Bonchev–Trinajstić information content (AvgIpc) is 2.17. The molecule has 0 fully saturated rings. The van der Waals surface area contributed by atoms with Gasteiger partial charge in [-0.3, -0.25) is 0 Å². The van der Waals surface area contributed by atoms with Gasteiger partial charge in [-0.25, -0.2) is 0 Å². The molecule has 1 rings (SSSR count). The summed E-state index contributed by atoms with van der Waals surface area (Å²) < 4.78 is 0. The van der Waals surface area contributed by atoms with Gasteiger partial charge in [-0.2, -0.15) is 0 Å². The van der Waals surface area contributed by atoms with Crippen LogP contribution in [0, 0.1) is 0 Å². The van der Waals surface area contributed by atoms with Crippen LogP contribution in [0.5, 0.6) is 0 Å². The zero-order chi connectivity index (χ0) is 9.84. The number of rotatable bonds is 3. The van der Waals surface area contributed by atoms with E-state index in [1.54, 1.807) is 6.92 Å². The van der Waals surface area contributed by atoms with Gasteiger partial charge in [-0.15, -0.1) is 0 Å². The molecule has 0 aromatic heterocycles. The van der Waals surface area contributed by atoms with E-state index in [2.05, 4.69) is 0 Å². The summed E-state index contributed by atoms with van der Waals surface area (Å²) in [6.07, 6.45) is -0.459. The first kappa shape index (κ1) is 10.2. The van der Waals surface area contributed by atoms with E-state index < -0.39 is 6.10 Å². The van der Waals surface area contributed by atoms with Gasteiger partial charge in [-0.1, -0.05) is 24.3 Å². The normalized spacial score (nSPS) is 15.4. The lowest BCUT2D eigenvalue weighted by Crippen LogP contribution is -2.14. The van der Waals surface area contributed by atoms with Gasteiger partial charge in [-0.05, 0) is 18.1 Å². The molecule has 0 heterocycles. The highest BCUT2D eigenvalue weighted by Gasteiger charge is 2.05. The summed E-state index contributed by atoms with van der Waals surface area (Å²) in [6, 6.07) is 6.94. The Balaban J connectivity index is 2.81. The van der Waals surface area contributed by atoms with Crippen LogP contribution >= 0.6 is 0 Å². The number of hydrogen-bond acceptors (Lipinski definition) is 3. The number of nitrogens with two attached hydrogens (primary N) is 1. The minimum absolute atomic E-state index is 0.0615. The van der Waals surface area contributed by atoms with Crippen LogP contribution in [0.4, 0.5) is 0 Å². The van der Waals surface area contributed by atoms with Gasteiger partial charge in [0.1, 0.15) is 0 Å². The van der Waals surface area contributed by atoms with Gasteiger partial charge in [0.25, 0.3) is 0 Å². The lowest BCUT2D eigenvalue weighted by molar-refractivity contribution is 0.199. The maximum Gasteiger partial charge on any atom is 0.0761 e. The standard InChI is InChI=1S/C10H15NO2/c1-7(13)8-2-4-9(5-3-8)10(11)6-12/h2-5,7,10,12-13H,6,11H2,1H3. The van der Waals surface area contributed by atoms with Crippen molar-refractivity contribution in [2.75, 3.05) is 6.61 Å². The number of aliphatic hydroxyl groups is 2. The first-order valence-electron chi connectivity index (χ1n) is 4.29. The van der Waals surface area contributed by atoms with Crippen LogP contribution in [0.1, 0.15) is 30.2 Å². The van der Waals surface area contributed by atoms with Crippen molar-refractivity contribution in [3.8, 4) is 0 Å². The number of aliphatic hydroxyl groups excluding tert-OH is 2. The SMILES string of the molecule is CC(O)c1ccc(C(N)CO)cc1. The molecule has 1 aromatic carbocycles. The maximum absolute atomic E-state index is 9.23. The third-order valence-electron chi connectivity index (χ3n) is 2.04. The van der Waals surface area contributed by atoms with Crippen molar-refractivity contribution in [1.29, 1.82) is 0 Å². The smallest absolute Gasteiger partial charge is 0.0761 e. The molecule has 0 amide bonds. The van der Waals surface area contributed by atoms with Crippen LogP contribution in [-0.2, 0) is 0 Å². The Kier molecular flexibility index (Phi) is 3.42. The molecule has 72 valence electrons. The molecule has 0 bridgehead atoms. The van der Waals surface area contributed by atoms with Crippen LogP contribution in [0.2, 0.25) is 0 Å². The molecule has 13 heavy (non-hydrogen) atoms. The molecule has 3 nitrogen and oxygen atoms in total. The van der Waals surface area contributed by atoms with Crippen molar-refractivity contribution in [2.24, 2.45) is 5.73 Å². The Bertz CT molecular complexity index is 256. The highest BCUT2D eigenvalue weighted by molar-refractivity contribution is 5.25. The fourth-order valence-electron chi connectivity index (χ4n) is 1.13. The van der Waals surface area contributed by atoms with Crippen molar-refractivity contribution in [3.63, 3.8) is 0 Å². The third kappa shape index (κ3) is 2.52. The van der Waals surface area contributed by atoms with E-state index in [1.807, 2.05) is 24.3 Å². The van der Waals surface area contributed by atoms with Gasteiger partial charge in [0.05, 0.1) is 18.8 Å².